The fraction of sp³-hybridized carbons (Fsp3) is 0.400. The molecule has 0 fully saturated rings. The summed E-state index contributed by atoms with van der Waals surface area (Å²) in [6, 6.07) is 10.2. The van der Waals surface area contributed by atoms with Crippen LogP contribution in [-0.2, 0) is 0 Å². The molecule has 0 N–H and O–H groups in total. The molecule has 72 valence electrons. The van der Waals surface area contributed by atoms with Gasteiger partial charge < -0.3 is 4.90 Å². The zero-order chi connectivity index (χ0) is 9.84. The third-order valence-corrected chi connectivity index (χ3v) is 2.36. The van der Waals surface area contributed by atoms with E-state index in [1.807, 2.05) is 32.0 Å². The molecule has 1 aromatic carbocycles. The average molecular weight is 213 g/mol. The van der Waals surface area contributed by atoms with Crippen molar-refractivity contribution in [2.75, 3.05) is 4.90 Å². The molecule has 0 amide bonds. The fourth-order valence-electron chi connectivity index (χ4n) is 1.34. The summed E-state index contributed by atoms with van der Waals surface area (Å²) in [5.74, 6) is 0. The third-order valence-electron chi connectivity index (χ3n) is 1.86. The van der Waals surface area contributed by atoms with Crippen LogP contribution in [0.4, 0.5) is 5.69 Å². The second-order valence-corrected chi connectivity index (χ2v) is 4.50. The van der Waals surface area contributed by atoms with Crippen LogP contribution in [0.15, 0.2) is 30.3 Å². The van der Waals surface area contributed by atoms with Gasteiger partial charge in [0.25, 0.3) is 0 Å². The summed E-state index contributed by atoms with van der Waals surface area (Å²) in [4.78, 5) is 2.15. The quantitative estimate of drug-likeness (QED) is 0.576. The first kappa shape index (κ1) is 10.8. The monoisotopic (exact) mass is 213 g/mol. The van der Waals surface area contributed by atoms with Crippen LogP contribution in [-0.4, -0.2) is 10.7 Å². The molecule has 0 saturated heterocycles. The van der Waals surface area contributed by atoms with Crippen molar-refractivity contribution in [3.63, 3.8) is 0 Å². The van der Waals surface area contributed by atoms with Crippen molar-refractivity contribution < 1.29 is 0 Å². The van der Waals surface area contributed by atoms with Gasteiger partial charge in [0.1, 0.15) is 0 Å². The maximum atomic E-state index is 4.42. The van der Waals surface area contributed by atoms with E-state index in [1.54, 1.807) is 0 Å². The Morgan fingerprint density at radius 3 is 1.85 bits per heavy atom. The summed E-state index contributed by atoms with van der Waals surface area (Å²) in [5, 5.41) is 0.352. The van der Waals surface area contributed by atoms with Crippen LogP contribution in [0.1, 0.15) is 13.8 Å². The lowest BCUT2D eigenvalue weighted by Gasteiger charge is -2.31. The second kappa shape index (κ2) is 4.82. The minimum Gasteiger partial charge on any atom is -0.349 e. The topological polar surface area (TPSA) is 3.24 Å². The first-order valence-corrected chi connectivity index (χ1v) is 5.35. The van der Waals surface area contributed by atoms with Crippen LogP contribution in [0.25, 0.3) is 0 Å². The molecule has 0 aromatic heterocycles. The van der Waals surface area contributed by atoms with Gasteiger partial charge in [-0.05, 0) is 26.0 Å². The first-order chi connectivity index (χ1) is 6.13. The third kappa shape index (κ3) is 2.85. The highest BCUT2D eigenvalue weighted by Crippen LogP contribution is 2.22. The number of thiol groups is 2. The van der Waals surface area contributed by atoms with Gasteiger partial charge >= 0.3 is 0 Å². The Morgan fingerprint density at radius 1 is 1.00 bits per heavy atom. The van der Waals surface area contributed by atoms with Crippen molar-refractivity contribution >= 4 is 30.9 Å². The van der Waals surface area contributed by atoms with Crippen molar-refractivity contribution in [2.45, 2.75) is 24.6 Å². The van der Waals surface area contributed by atoms with E-state index in [2.05, 4.69) is 42.3 Å². The lowest BCUT2D eigenvalue weighted by Crippen LogP contribution is -2.34. The lowest BCUT2D eigenvalue weighted by atomic mass is 10.3. The van der Waals surface area contributed by atoms with Crippen molar-refractivity contribution in [3.05, 3.63) is 30.3 Å². The van der Waals surface area contributed by atoms with Crippen LogP contribution >= 0.6 is 25.3 Å². The normalized spacial score (nSPS) is 15.1. The van der Waals surface area contributed by atoms with Crippen LogP contribution in [0.5, 0.6) is 0 Å². The zero-order valence-corrected chi connectivity index (χ0v) is 9.67. The Morgan fingerprint density at radius 2 is 1.46 bits per heavy atom. The van der Waals surface area contributed by atoms with Gasteiger partial charge in [-0.25, -0.2) is 0 Å². The molecule has 0 heterocycles. The summed E-state index contributed by atoms with van der Waals surface area (Å²) in [7, 11) is 0. The SMILES string of the molecule is CC(S)N(c1ccccc1)C(C)S. The Hall–Kier alpha value is -0.280. The van der Waals surface area contributed by atoms with Crippen LogP contribution in [0.3, 0.4) is 0 Å². The fourth-order valence-corrected chi connectivity index (χ4v) is 2.12. The molecule has 0 radical (unpaired) electrons. The van der Waals surface area contributed by atoms with Gasteiger partial charge in [0, 0.05) is 5.69 Å². The Kier molecular flexibility index (Phi) is 4.00. The van der Waals surface area contributed by atoms with Crippen LogP contribution in [0.2, 0.25) is 0 Å². The van der Waals surface area contributed by atoms with Crippen LogP contribution in [0, 0.1) is 0 Å². The molecule has 13 heavy (non-hydrogen) atoms. The Balaban J connectivity index is 2.89. The summed E-state index contributed by atoms with van der Waals surface area (Å²) in [5.41, 5.74) is 1.16. The highest BCUT2D eigenvalue weighted by atomic mass is 32.1. The van der Waals surface area contributed by atoms with Gasteiger partial charge in [0.15, 0.2) is 0 Å². The molecule has 1 rings (SSSR count). The van der Waals surface area contributed by atoms with Gasteiger partial charge in [0.2, 0.25) is 0 Å². The molecule has 0 aliphatic carbocycles. The van der Waals surface area contributed by atoms with E-state index >= 15 is 0 Å². The lowest BCUT2D eigenvalue weighted by molar-refractivity contribution is 0.792. The molecule has 0 aliphatic heterocycles. The molecular weight excluding hydrogens is 198 g/mol. The predicted octanol–water partition coefficient (Wildman–Crippen LogP) is 3.04. The van der Waals surface area contributed by atoms with E-state index in [9.17, 15) is 0 Å². The first-order valence-electron chi connectivity index (χ1n) is 4.32. The van der Waals surface area contributed by atoms with Crippen LogP contribution < -0.4 is 4.90 Å². The van der Waals surface area contributed by atoms with Crippen molar-refractivity contribution in [2.24, 2.45) is 0 Å². The smallest absolute Gasteiger partial charge is 0.0704 e. The molecule has 1 aromatic rings. The number of para-hydroxylation sites is 1. The van der Waals surface area contributed by atoms with Gasteiger partial charge in [-0.15, -0.1) is 0 Å². The Bertz CT molecular complexity index is 238. The predicted molar refractivity (Wildman–Crippen MR) is 65.8 cm³/mol. The zero-order valence-electron chi connectivity index (χ0n) is 7.88. The molecule has 0 bridgehead atoms. The summed E-state index contributed by atoms with van der Waals surface area (Å²) in [6.07, 6.45) is 0. The number of anilines is 1. The van der Waals surface area contributed by atoms with E-state index in [0.29, 0.717) is 0 Å². The van der Waals surface area contributed by atoms with Gasteiger partial charge in [-0.3, -0.25) is 0 Å². The molecule has 2 atom stereocenters. The van der Waals surface area contributed by atoms with E-state index in [-0.39, 0.29) is 10.7 Å². The molecular formula is C10H15NS2. The van der Waals surface area contributed by atoms with E-state index in [4.69, 9.17) is 0 Å². The minimum absolute atomic E-state index is 0.176. The summed E-state index contributed by atoms with van der Waals surface area (Å²) >= 11 is 8.84. The molecule has 3 heteroatoms. The minimum atomic E-state index is 0.176. The van der Waals surface area contributed by atoms with Gasteiger partial charge in [-0.1, -0.05) is 18.2 Å². The van der Waals surface area contributed by atoms with E-state index in [0.717, 1.165) is 5.69 Å². The van der Waals surface area contributed by atoms with Crippen molar-refractivity contribution in [3.8, 4) is 0 Å². The Labute approximate surface area is 91.0 Å². The number of nitrogens with zero attached hydrogens (tertiary/aromatic N) is 1. The number of benzene rings is 1. The number of hydrogen-bond acceptors (Lipinski definition) is 3. The average Bonchev–Trinajstić information content (AvgIpc) is 2.04. The van der Waals surface area contributed by atoms with Crippen molar-refractivity contribution in [1.29, 1.82) is 0 Å². The summed E-state index contributed by atoms with van der Waals surface area (Å²) in [6.45, 7) is 4.09. The maximum absolute atomic E-state index is 4.42. The highest BCUT2D eigenvalue weighted by molar-refractivity contribution is 7.82. The molecule has 0 saturated carbocycles. The number of rotatable bonds is 3. The van der Waals surface area contributed by atoms with Crippen molar-refractivity contribution in [1.82, 2.24) is 0 Å². The molecule has 0 spiro atoms. The molecule has 2 unspecified atom stereocenters. The van der Waals surface area contributed by atoms with Gasteiger partial charge in [0.05, 0.1) is 10.7 Å². The molecule has 1 nitrogen and oxygen atoms in total. The van der Waals surface area contributed by atoms with E-state index in [1.165, 1.54) is 0 Å². The number of hydrogen-bond donors (Lipinski definition) is 2. The van der Waals surface area contributed by atoms with Gasteiger partial charge in [-0.2, -0.15) is 25.3 Å². The highest BCUT2D eigenvalue weighted by Gasteiger charge is 2.14. The van der Waals surface area contributed by atoms with E-state index < -0.39 is 0 Å². The maximum Gasteiger partial charge on any atom is 0.0704 e. The molecule has 0 aliphatic rings. The standard InChI is InChI=1S/C10H15NS2/c1-8(12)11(9(2)13)10-6-4-3-5-7-10/h3-9,12-13H,1-2H3. The second-order valence-electron chi connectivity index (χ2n) is 3.01. The summed E-state index contributed by atoms with van der Waals surface area (Å²) < 4.78 is 0. The largest absolute Gasteiger partial charge is 0.349 e.